The summed E-state index contributed by atoms with van der Waals surface area (Å²) in [5.41, 5.74) is 2.49. The number of aromatic nitrogens is 2. The monoisotopic (exact) mass is 439 g/mol. The predicted octanol–water partition coefficient (Wildman–Crippen LogP) is 3.94. The number of rotatable bonds is 5. The Morgan fingerprint density at radius 2 is 2.39 bits per heavy atom. The zero-order valence-electron chi connectivity index (χ0n) is 10.3. The lowest BCUT2D eigenvalue weighted by molar-refractivity contribution is 0.553. The maximum absolute atomic E-state index is 4.31. The zero-order chi connectivity index (χ0) is 13.1. The van der Waals surface area contributed by atoms with Gasteiger partial charge in [-0.15, -0.1) is 11.3 Å². The number of hydrogen-bond acceptors (Lipinski definition) is 3. The van der Waals surface area contributed by atoms with Gasteiger partial charge in [0.05, 0.1) is 25.3 Å². The van der Waals surface area contributed by atoms with Gasteiger partial charge in [-0.25, -0.2) is 0 Å². The van der Waals surface area contributed by atoms with Gasteiger partial charge in [0.25, 0.3) is 0 Å². The van der Waals surface area contributed by atoms with Gasteiger partial charge in [0.15, 0.2) is 0 Å². The summed E-state index contributed by atoms with van der Waals surface area (Å²) in [6.07, 6.45) is 2.97. The maximum atomic E-state index is 4.31. The molecular formula is C12H15BrIN3S. The molecular weight excluding hydrogens is 425 g/mol. The fourth-order valence-electron chi connectivity index (χ4n) is 1.88. The van der Waals surface area contributed by atoms with Gasteiger partial charge < -0.3 is 5.32 Å². The van der Waals surface area contributed by atoms with Crippen LogP contribution in [-0.2, 0) is 7.05 Å². The van der Waals surface area contributed by atoms with E-state index in [-0.39, 0.29) is 6.04 Å². The number of hydrogen-bond donors (Lipinski definition) is 1. The van der Waals surface area contributed by atoms with E-state index in [0.717, 1.165) is 17.4 Å². The first-order valence-electron chi connectivity index (χ1n) is 5.78. The van der Waals surface area contributed by atoms with Crippen LogP contribution < -0.4 is 5.32 Å². The highest BCUT2D eigenvalue weighted by molar-refractivity contribution is 14.1. The van der Waals surface area contributed by atoms with Gasteiger partial charge in [0, 0.05) is 7.05 Å². The summed E-state index contributed by atoms with van der Waals surface area (Å²) in [7, 11) is 1.98. The minimum Gasteiger partial charge on any atom is -0.305 e. The van der Waals surface area contributed by atoms with Crippen LogP contribution in [0, 0.1) is 2.88 Å². The Hall–Kier alpha value is 0.0800. The summed E-state index contributed by atoms with van der Waals surface area (Å²) in [6.45, 7) is 3.18. The van der Waals surface area contributed by atoms with Crippen molar-refractivity contribution in [2.75, 3.05) is 6.54 Å². The molecule has 1 atom stereocenters. The molecule has 0 saturated carbocycles. The van der Waals surface area contributed by atoms with Gasteiger partial charge in [-0.05, 0) is 68.5 Å². The van der Waals surface area contributed by atoms with Crippen molar-refractivity contribution in [2.45, 2.75) is 19.4 Å². The standard InChI is InChI=1S/C12H15BrIN3S/c1-3-4-15-11(8-5-10(14)18-7-8)12-9(13)6-16-17(12)2/h5-7,11,15H,3-4H2,1-2H3. The molecule has 2 heterocycles. The number of nitrogens with zero attached hydrogens (tertiary/aromatic N) is 2. The van der Waals surface area contributed by atoms with Gasteiger partial charge in [-0.2, -0.15) is 5.10 Å². The van der Waals surface area contributed by atoms with Gasteiger partial charge in [-0.1, -0.05) is 6.92 Å². The lowest BCUT2D eigenvalue weighted by atomic mass is 10.1. The van der Waals surface area contributed by atoms with Crippen LogP contribution in [0.3, 0.4) is 0 Å². The molecule has 3 nitrogen and oxygen atoms in total. The largest absolute Gasteiger partial charge is 0.305 e. The van der Waals surface area contributed by atoms with E-state index in [4.69, 9.17) is 0 Å². The predicted molar refractivity (Wildman–Crippen MR) is 88.1 cm³/mol. The Balaban J connectivity index is 2.36. The normalized spacial score (nSPS) is 12.9. The molecule has 0 aliphatic carbocycles. The lowest BCUT2D eigenvalue weighted by Gasteiger charge is -2.18. The maximum Gasteiger partial charge on any atom is 0.0768 e. The van der Waals surface area contributed by atoms with Crippen LogP contribution in [0.5, 0.6) is 0 Å². The Morgan fingerprint density at radius 1 is 1.61 bits per heavy atom. The van der Waals surface area contributed by atoms with Gasteiger partial charge in [0.2, 0.25) is 0 Å². The van der Waals surface area contributed by atoms with E-state index in [1.807, 2.05) is 17.9 Å². The molecule has 0 fully saturated rings. The van der Waals surface area contributed by atoms with E-state index in [9.17, 15) is 0 Å². The minimum atomic E-state index is 0.201. The second-order valence-corrected chi connectivity index (χ2v) is 7.73. The summed E-state index contributed by atoms with van der Waals surface area (Å²) in [5, 5.41) is 10.1. The number of nitrogens with one attached hydrogen (secondary N) is 1. The molecule has 0 aromatic carbocycles. The zero-order valence-corrected chi connectivity index (χ0v) is 14.8. The Bertz CT molecular complexity index is 504. The van der Waals surface area contributed by atoms with Crippen LogP contribution in [0.1, 0.15) is 30.6 Å². The van der Waals surface area contributed by atoms with Crippen LogP contribution >= 0.6 is 49.9 Å². The molecule has 0 saturated heterocycles. The van der Waals surface area contributed by atoms with E-state index in [1.165, 1.54) is 14.1 Å². The molecule has 0 amide bonds. The summed E-state index contributed by atoms with van der Waals surface area (Å²) in [6, 6.07) is 2.43. The van der Waals surface area contributed by atoms with Crippen LogP contribution in [0.25, 0.3) is 0 Å². The third kappa shape index (κ3) is 3.15. The highest BCUT2D eigenvalue weighted by atomic mass is 127. The molecule has 0 radical (unpaired) electrons. The molecule has 98 valence electrons. The quantitative estimate of drug-likeness (QED) is 0.715. The molecule has 0 aliphatic rings. The van der Waals surface area contributed by atoms with Crippen molar-refractivity contribution < 1.29 is 0 Å². The van der Waals surface area contributed by atoms with Crippen molar-refractivity contribution in [1.82, 2.24) is 15.1 Å². The smallest absolute Gasteiger partial charge is 0.0768 e. The summed E-state index contributed by atoms with van der Waals surface area (Å²) in [4.78, 5) is 0. The average molecular weight is 440 g/mol. The first-order valence-corrected chi connectivity index (χ1v) is 8.53. The Kier molecular flexibility index (Phi) is 5.23. The first kappa shape index (κ1) is 14.5. The third-order valence-corrected chi connectivity index (χ3v) is 5.15. The van der Waals surface area contributed by atoms with E-state index >= 15 is 0 Å². The number of thiophene rings is 1. The molecule has 2 aromatic rings. The van der Waals surface area contributed by atoms with E-state index in [0.29, 0.717) is 0 Å². The van der Waals surface area contributed by atoms with Crippen molar-refractivity contribution in [3.05, 3.63) is 36.3 Å². The summed E-state index contributed by atoms with van der Waals surface area (Å²) in [5.74, 6) is 0. The number of halogens is 2. The second-order valence-electron chi connectivity index (χ2n) is 4.07. The van der Waals surface area contributed by atoms with Gasteiger partial charge in [-0.3, -0.25) is 4.68 Å². The van der Waals surface area contributed by atoms with Crippen molar-refractivity contribution in [1.29, 1.82) is 0 Å². The SMILES string of the molecule is CCCNC(c1csc(I)c1)c1c(Br)cnn1C. The van der Waals surface area contributed by atoms with Crippen LogP contribution in [0.4, 0.5) is 0 Å². The molecule has 2 aromatic heterocycles. The Labute approximate surface area is 133 Å². The lowest BCUT2D eigenvalue weighted by Crippen LogP contribution is -2.25. The van der Waals surface area contributed by atoms with Gasteiger partial charge in [0.1, 0.15) is 0 Å². The summed E-state index contributed by atoms with van der Waals surface area (Å²) < 4.78 is 4.30. The van der Waals surface area contributed by atoms with E-state index in [1.54, 1.807) is 11.3 Å². The molecule has 0 bridgehead atoms. The van der Waals surface area contributed by atoms with E-state index < -0.39 is 0 Å². The molecule has 1 N–H and O–H groups in total. The van der Waals surface area contributed by atoms with Gasteiger partial charge >= 0.3 is 0 Å². The van der Waals surface area contributed by atoms with Crippen molar-refractivity contribution >= 4 is 49.9 Å². The minimum absolute atomic E-state index is 0.201. The summed E-state index contributed by atoms with van der Waals surface area (Å²) >= 11 is 7.73. The van der Waals surface area contributed by atoms with Crippen LogP contribution in [0.15, 0.2) is 22.1 Å². The molecule has 1 unspecified atom stereocenters. The fraction of sp³-hybridized carbons (Fsp3) is 0.417. The highest BCUT2D eigenvalue weighted by Crippen LogP contribution is 2.31. The van der Waals surface area contributed by atoms with Crippen molar-refractivity contribution in [3.8, 4) is 0 Å². The molecule has 18 heavy (non-hydrogen) atoms. The first-order chi connectivity index (χ1) is 8.63. The average Bonchev–Trinajstić information content (AvgIpc) is 2.90. The molecule has 0 aliphatic heterocycles. The molecule has 2 rings (SSSR count). The molecule has 0 spiro atoms. The molecule has 6 heteroatoms. The van der Waals surface area contributed by atoms with Crippen LogP contribution in [-0.4, -0.2) is 16.3 Å². The van der Waals surface area contributed by atoms with Crippen LogP contribution in [0.2, 0.25) is 0 Å². The van der Waals surface area contributed by atoms with E-state index in [2.05, 4.69) is 67.3 Å². The Morgan fingerprint density at radius 3 is 2.89 bits per heavy atom. The third-order valence-electron chi connectivity index (χ3n) is 2.73. The number of aryl methyl sites for hydroxylation is 1. The second kappa shape index (κ2) is 6.49. The fourth-order valence-corrected chi connectivity index (χ4v) is 3.86. The highest BCUT2D eigenvalue weighted by Gasteiger charge is 2.21. The topological polar surface area (TPSA) is 29.9 Å². The van der Waals surface area contributed by atoms with Crippen molar-refractivity contribution in [2.24, 2.45) is 7.05 Å². The van der Waals surface area contributed by atoms with Crippen molar-refractivity contribution in [3.63, 3.8) is 0 Å².